The summed E-state index contributed by atoms with van der Waals surface area (Å²) in [6.45, 7) is 7.21. The van der Waals surface area contributed by atoms with Crippen molar-refractivity contribution in [3.63, 3.8) is 0 Å². The van der Waals surface area contributed by atoms with Crippen LogP contribution in [0.2, 0.25) is 0 Å². The summed E-state index contributed by atoms with van der Waals surface area (Å²) in [4.78, 5) is 24.4. The predicted octanol–water partition coefficient (Wildman–Crippen LogP) is -0.371. The number of carbonyl (C=O) groups is 1. The molecule has 0 saturated carbocycles. The Morgan fingerprint density at radius 3 is 2.71 bits per heavy atom. The predicted molar refractivity (Wildman–Crippen MR) is 83.4 cm³/mol. The Labute approximate surface area is 145 Å². The van der Waals surface area contributed by atoms with Crippen LogP contribution in [-0.2, 0) is 4.74 Å². The molecule has 24 heavy (non-hydrogen) atoms. The molecule has 0 N–H and O–H groups in total. The topological polar surface area (TPSA) is 98.7 Å². The Morgan fingerprint density at radius 2 is 2.08 bits per heavy atom. The molecule has 0 unspecified atom stereocenters. The molecule has 0 spiro atoms. The largest absolute Gasteiger partial charge is 1.00 e. The summed E-state index contributed by atoms with van der Waals surface area (Å²) < 4.78 is 10.2. The average molecular weight is 357 g/mol. The number of hydrogen-bond acceptors (Lipinski definition) is 7. The van der Waals surface area contributed by atoms with Crippen molar-refractivity contribution in [2.75, 3.05) is 26.2 Å². The normalized spacial score (nSPS) is 10.6. The van der Waals surface area contributed by atoms with E-state index in [2.05, 4.69) is 23.9 Å². The van der Waals surface area contributed by atoms with Crippen LogP contribution in [0.3, 0.4) is 0 Å². The third kappa shape index (κ3) is 4.65. The van der Waals surface area contributed by atoms with Gasteiger partial charge in [-0.05, 0) is 25.6 Å². The SMILES string of the molecule is CCN(CC)CCCOC(=O)c1noc2cc([N+](=O)[O-])ccc12.[Cl-]. The Bertz CT molecular complexity index is 699. The molecule has 2 aromatic rings. The highest BCUT2D eigenvalue weighted by Crippen LogP contribution is 2.24. The molecule has 9 heteroatoms. The lowest BCUT2D eigenvalue weighted by molar-refractivity contribution is -0.384. The molecule has 1 aromatic heterocycles. The van der Waals surface area contributed by atoms with Gasteiger partial charge in [-0.3, -0.25) is 10.1 Å². The molecule has 0 aliphatic carbocycles. The van der Waals surface area contributed by atoms with Crippen molar-refractivity contribution in [1.29, 1.82) is 0 Å². The van der Waals surface area contributed by atoms with Gasteiger partial charge in [0.1, 0.15) is 0 Å². The van der Waals surface area contributed by atoms with Gasteiger partial charge in [-0.25, -0.2) is 4.79 Å². The standard InChI is InChI=1S/C15H19N3O5.ClH/c1-3-17(4-2)8-5-9-22-15(19)14-12-7-6-11(18(20)21)10-13(12)23-16-14;/h6-7,10H,3-5,8-9H2,1-2H3;1H/p-1. The number of carbonyl (C=O) groups excluding carboxylic acids is 1. The van der Waals surface area contributed by atoms with Gasteiger partial charge >= 0.3 is 5.97 Å². The second kappa shape index (κ2) is 9.19. The third-order valence-corrected chi connectivity index (χ3v) is 3.61. The fourth-order valence-corrected chi connectivity index (χ4v) is 2.25. The quantitative estimate of drug-likeness (QED) is 0.275. The number of non-ortho nitro benzene ring substituents is 1. The van der Waals surface area contributed by atoms with Crippen molar-refractivity contribution >= 4 is 22.6 Å². The molecule has 0 amide bonds. The minimum Gasteiger partial charge on any atom is -1.00 e. The molecule has 1 heterocycles. The Hall–Kier alpha value is -2.19. The van der Waals surface area contributed by atoms with Crippen molar-refractivity contribution in [2.45, 2.75) is 20.3 Å². The molecule has 0 aliphatic heterocycles. The number of esters is 1. The maximum absolute atomic E-state index is 12.0. The zero-order valence-corrected chi connectivity index (χ0v) is 14.3. The Balaban J connectivity index is 0.00000288. The van der Waals surface area contributed by atoms with Gasteiger partial charge < -0.3 is 26.6 Å². The number of aromatic nitrogens is 1. The van der Waals surface area contributed by atoms with Gasteiger partial charge in [0.05, 0.1) is 23.0 Å². The molecule has 0 bridgehead atoms. The number of halogens is 1. The van der Waals surface area contributed by atoms with Crippen LogP contribution in [0.1, 0.15) is 30.8 Å². The summed E-state index contributed by atoms with van der Waals surface area (Å²) in [6.07, 6.45) is 0.731. The first-order valence-corrected chi connectivity index (χ1v) is 7.50. The van der Waals surface area contributed by atoms with Crippen molar-refractivity contribution in [3.8, 4) is 0 Å². The molecule has 1 aromatic carbocycles. The lowest BCUT2D eigenvalue weighted by Gasteiger charge is -2.17. The maximum Gasteiger partial charge on any atom is 0.361 e. The van der Waals surface area contributed by atoms with Gasteiger partial charge in [0.2, 0.25) is 0 Å². The van der Waals surface area contributed by atoms with E-state index in [0.717, 1.165) is 26.1 Å². The number of fused-ring (bicyclic) bond motifs is 1. The molecular formula is C15H19ClN3O5-. The molecule has 0 aliphatic rings. The summed E-state index contributed by atoms with van der Waals surface area (Å²) in [5.41, 5.74) is 0.111. The first-order chi connectivity index (χ1) is 11.1. The number of rotatable bonds is 8. The molecule has 132 valence electrons. The van der Waals surface area contributed by atoms with Crippen LogP contribution in [0.4, 0.5) is 5.69 Å². The molecule has 8 nitrogen and oxygen atoms in total. The second-order valence-corrected chi connectivity index (χ2v) is 4.99. The minimum atomic E-state index is -0.586. The van der Waals surface area contributed by atoms with Crippen LogP contribution < -0.4 is 12.4 Å². The fraction of sp³-hybridized carbons (Fsp3) is 0.467. The molecule has 0 radical (unpaired) electrons. The summed E-state index contributed by atoms with van der Waals surface area (Å²) in [5, 5.41) is 14.8. The van der Waals surface area contributed by atoms with Crippen molar-refractivity contribution in [3.05, 3.63) is 34.0 Å². The van der Waals surface area contributed by atoms with Gasteiger partial charge in [-0.1, -0.05) is 19.0 Å². The van der Waals surface area contributed by atoms with E-state index in [-0.39, 0.29) is 36.0 Å². The van der Waals surface area contributed by atoms with E-state index in [1.807, 2.05) is 0 Å². The van der Waals surface area contributed by atoms with Crippen LogP contribution in [0.25, 0.3) is 11.0 Å². The number of nitro groups is 1. The van der Waals surface area contributed by atoms with E-state index in [0.29, 0.717) is 5.39 Å². The summed E-state index contributed by atoms with van der Waals surface area (Å²) in [5.74, 6) is -0.586. The lowest BCUT2D eigenvalue weighted by Crippen LogP contribution is -3.00. The fourth-order valence-electron chi connectivity index (χ4n) is 2.25. The molecular weight excluding hydrogens is 338 g/mol. The zero-order valence-electron chi connectivity index (χ0n) is 13.5. The Morgan fingerprint density at radius 1 is 1.38 bits per heavy atom. The van der Waals surface area contributed by atoms with E-state index in [1.54, 1.807) is 0 Å². The van der Waals surface area contributed by atoms with E-state index in [1.165, 1.54) is 18.2 Å². The lowest BCUT2D eigenvalue weighted by atomic mass is 10.2. The van der Waals surface area contributed by atoms with Gasteiger partial charge in [0.25, 0.3) is 5.69 Å². The molecule has 0 atom stereocenters. The average Bonchev–Trinajstić information content (AvgIpc) is 2.98. The first kappa shape index (κ1) is 19.9. The first-order valence-electron chi connectivity index (χ1n) is 7.50. The van der Waals surface area contributed by atoms with Crippen LogP contribution >= 0.6 is 0 Å². The highest BCUT2D eigenvalue weighted by molar-refractivity contribution is 6.01. The van der Waals surface area contributed by atoms with E-state index in [9.17, 15) is 14.9 Å². The smallest absolute Gasteiger partial charge is 0.361 e. The zero-order chi connectivity index (χ0) is 16.8. The number of ether oxygens (including phenoxy) is 1. The summed E-state index contributed by atoms with van der Waals surface area (Å²) in [7, 11) is 0. The third-order valence-electron chi connectivity index (χ3n) is 3.61. The van der Waals surface area contributed by atoms with Gasteiger partial charge in [0, 0.05) is 12.6 Å². The van der Waals surface area contributed by atoms with Crippen molar-refractivity contribution < 1.29 is 31.4 Å². The van der Waals surface area contributed by atoms with E-state index in [4.69, 9.17) is 9.26 Å². The minimum absolute atomic E-state index is 0. The van der Waals surface area contributed by atoms with E-state index < -0.39 is 10.9 Å². The van der Waals surface area contributed by atoms with Crippen molar-refractivity contribution in [2.24, 2.45) is 0 Å². The van der Waals surface area contributed by atoms with Crippen molar-refractivity contribution in [1.82, 2.24) is 10.1 Å². The number of nitrogens with zero attached hydrogens (tertiary/aromatic N) is 3. The molecule has 0 fully saturated rings. The molecule has 0 saturated heterocycles. The van der Waals surface area contributed by atoms with Crippen LogP contribution in [0.5, 0.6) is 0 Å². The maximum atomic E-state index is 12.0. The van der Waals surface area contributed by atoms with Gasteiger partial charge in [0.15, 0.2) is 11.3 Å². The summed E-state index contributed by atoms with van der Waals surface area (Å²) in [6, 6.07) is 3.98. The highest BCUT2D eigenvalue weighted by Gasteiger charge is 2.19. The summed E-state index contributed by atoms with van der Waals surface area (Å²) >= 11 is 0. The number of nitro benzene ring substituents is 1. The molecule has 2 rings (SSSR count). The number of hydrogen-bond donors (Lipinski definition) is 0. The van der Waals surface area contributed by atoms with Crippen LogP contribution in [0, 0.1) is 10.1 Å². The van der Waals surface area contributed by atoms with Crippen LogP contribution in [0.15, 0.2) is 22.7 Å². The van der Waals surface area contributed by atoms with Gasteiger partial charge in [-0.2, -0.15) is 0 Å². The second-order valence-electron chi connectivity index (χ2n) is 4.99. The van der Waals surface area contributed by atoms with Crippen LogP contribution in [-0.4, -0.2) is 47.2 Å². The van der Waals surface area contributed by atoms with E-state index >= 15 is 0 Å². The monoisotopic (exact) mass is 356 g/mol. The van der Waals surface area contributed by atoms with Gasteiger partial charge in [-0.15, -0.1) is 0 Å². The Kier molecular flexibility index (Phi) is 7.60. The highest BCUT2D eigenvalue weighted by atomic mass is 35.5. The number of benzene rings is 1.